The predicted octanol–water partition coefficient (Wildman–Crippen LogP) is 0.971. The number of benzene rings is 1. The molecule has 1 heterocycles. The van der Waals surface area contributed by atoms with Crippen LogP contribution >= 0.6 is 15.9 Å². The van der Waals surface area contributed by atoms with Gasteiger partial charge in [0.2, 0.25) is 10.0 Å². The molecule has 0 radical (unpaired) electrons. The van der Waals surface area contributed by atoms with E-state index in [9.17, 15) is 16.8 Å². The van der Waals surface area contributed by atoms with Crippen LogP contribution in [0.5, 0.6) is 5.75 Å². The molecule has 0 saturated carbocycles. The first-order valence-corrected chi connectivity index (χ1v) is 9.94. The summed E-state index contributed by atoms with van der Waals surface area (Å²) in [7, 11) is -7.05. The maximum Gasteiger partial charge on any atom is 0.241 e. The van der Waals surface area contributed by atoms with E-state index in [2.05, 4.69) is 15.9 Å². The minimum Gasteiger partial charge on any atom is -0.488 e. The van der Waals surface area contributed by atoms with Gasteiger partial charge in [-0.3, -0.25) is 0 Å². The molecule has 1 aromatic carbocycles. The summed E-state index contributed by atoms with van der Waals surface area (Å²) in [6.45, 7) is 1.68. The van der Waals surface area contributed by atoms with Gasteiger partial charge in [0.15, 0.2) is 9.84 Å². The Labute approximate surface area is 126 Å². The Morgan fingerprint density at radius 3 is 2.55 bits per heavy atom. The summed E-state index contributed by atoms with van der Waals surface area (Å²) >= 11 is 3.20. The maximum absolute atomic E-state index is 11.6. The molecule has 6 nitrogen and oxygen atoms in total. The molecule has 2 rings (SSSR count). The Morgan fingerprint density at radius 1 is 1.40 bits per heavy atom. The fourth-order valence-electron chi connectivity index (χ4n) is 2.08. The fourth-order valence-corrected chi connectivity index (χ4v) is 5.15. The molecule has 1 aliphatic heterocycles. The van der Waals surface area contributed by atoms with E-state index in [1.807, 2.05) is 0 Å². The van der Waals surface area contributed by atoms with Crippen LogP contribution in [0, 0.1) is 6.92 Å². The third kappa shape index (κ3) is 3.51. The minimum absolute atomic E-state index is 0.0535. The van der Waals surface area contributed by atoms with Crippen molar-refractivity contribution in [2.24, 2.45) is 5.14 Å². The SMILES string of the molecule is Cc1cc(Br)cc(S(N)(=O)=O)c1OC1CCS(=O)(=O)C1. The molecule has 1 atom stereocenters. The zero-order chi connectivity index (χ0) is 15.1. The summed E-state index contributed by atoms with van der Waals surface area (Å²) in [5.41, 5.74) is 0.577. The standard InChI is InChI=1S/C11H14BrNO5S2/c1-7-4-8(12)5-10(20(13,16)17)11(7)18-9-2-3-19(14,15)6-9/h4-5,9H,2-3,6H2,1H3,(H2,13,16,17). The largest absolute Gasteiger partial charge is 0.488 e. The van der Waals surface area contributed by atoms with E-state index in [1.165, 1.54) is 6.07 Å². The number of hydrogen-bond donors (Lipinski definition) is 1. The smallest absolute Gasteiger partial charge is 0.241 e. The van der Waals surface area contributed by atoms with Gasteiger partial charge in [0.25, 0.3) is 0 Å². The van der Waals surface area contributed by atoms with Crippen molar-refractivity contribution in [3.05, 3.63) is 22.2 Å². The molecule has 1 fully saturated rings. The van der Waals surface area contributed by atoms with Gasteiger partial charge in [0.05, 0.1) is 11.5 Å². The number of ether oxygens (including phenoxy) is 1. The third-order valence-electron chi connectivity index (χ3n) is 2.99. The molecule has 112 valence electrons. The summed E-state index contributed by atoms with van der Waals surface area (Å²) < 4.78 is 52.2. The van der Waals surface area contributed by atoms with Crippen LogP contribution in [0.4, 0.5) is 0 Å². The van der Waals surface area contributed by atoms with Gasteiger partial charge in [-0.1, -0.05) is 15.9 Å². The Kier molecular flexibility index (Phi) is 4.16. The molecule has 0 aliphatic carbocycles. The van der Waals surface area contributed by atoms with E-state index in [4.69, 9.17) is 9.88 Å². The number of halogens is 1. The highest BCUT2D eigenvalue weighted by molar-refractivity contribution is 9.10. The second kappa shape index (κ2) is 5.28. The molecule has 0 bridgehead atoms. The van der Waals surface area contributed by atoms with E-state index >= 15 is 0 Å². The van der Waals surface area contributed by atoms with Gasteiger partial charge in [-0.05, 0) is 31.0 Å². The van der Waals surface area contributed by atoms with E-state index in [-0.39, 0.29) is 22.2 Å². The van der Waals surface area contributed by atoms with Crippen LogP contribution in [0.15, 0.2) is 21.5 Å². The number of primary sulfonamides is 1. The summed E-state index contributed by atoms with van der Waals surface area (Å²) in [6, 6.07) is 3.04. The van der Waals surface area contributed by atoms with E-state index in [0.29, 0.717) is 16.5 Å². The summed E-state index contributed by atoms with van der Waals surface area (Å²) in [5, 5.41) is 5.18. The highest BCUT2D eigenvalue weighted by Gasteiger charge is 2.31. The normalized spacial score (nSPS) is 21.9. The number of sulfonamides is 1. The lowest BCUT2D eigenvalue weighted by Gasteiger charge is -2.17. The van der Waals surface area contributed by atoms with Gasteiger partial charge in [-0.15, -0.1) is 0 Å². The van der Waals surface area contributed by atoms with Crippen LogP contribution in [0.3, 0.4) is 0 Å². The molecular formula is C11H14BrNO5S2. The van der Waals surface area contributed by atoms with Crippen LogP contribution in [0.1, 0.15) is 12.0 Å². The monoisotopic (exact) mass is 383 g/mol. The van der Waals surface area contributed by atoms with Gasteiger partial charge in [-0.2, -0.15) is 0 Å². The Bertz CT molecular complexity index is 742. The highest BCUT2D eigenvalue weighted by Crippen LogP contribution is 2.33. The zero-order valence-corrected chi connectivity index (χ0v) is 13.9. The molecule has 2 N–H and O–H groups in total. The molecule has 20 heavy (non-hydrogen) atoms. The number of sulfone groups is 1. The second-order valence-corrected chi connectivity index (χ2v) is 9.41. The molecule has 0 spiro atoms. The molecule has 1 aromatic rings. The lowest BCUT2D eigenvalue weighted by atomic mass is 10.2. The molecule has 1 saturated heterocycles. The van der Waals surface area contributed by atoms with Crippen molar-refractivity contribution in [2.45, 2.75) is 24.3 Å². The van der Waals surface area contributed by atoms with Crippen molar-refractivity contribution >= 4 is 35.8 Å². The number of nitrogens with two attached hydrogens (primary N) is 1. The Morgan fingerprint density at radius 2 is 2.05 bits per heavy atom. The van der Waals surface area contributed by atoms with Crippen molar-refractivity contribution in [2.75, 3.05) is 11.5 Å². The first-order valence-electron chi connectivity index (χ1n) is 5.78. The predicted molar refractivity (Wildman–Crippen MR) is 77.9 cm³/mol. The second-order valence-electron chi connectivity index (χ2n) is 4.74. The lowest BCUT2D eigenvalue weighted by Crippen LogP contribution is -2.21. The first-order chi connectivity index (χ1) is 9.08. The first kappa shape index (κ1) is 15.7. The molecule has 0 aromatic heterocycles. The lowest BCUT2D eigenvalue weighted by molar-refractivity contribution is 0.221. The zero-order valence-electron chi connectivity index (χ0n) is 10.7. The van der Waals surface area contributed by atoms with Gasteiger partial charge in [0.1, 0.15) is 16.7 Å². The molecule has 1 unspecified atom stereocenters. The topological polar surface area (TPSA) is 104 Å². The van der Waals surface area contributed by atoms with Crippen LogP contribution in [-0.4, -0.2) is 34.4 Å². The number of rotatable bonds is 3. The highest BCUT2D eigenvalue weighted by atomic mass is 79.9. The van der Waals surface area contributed by atoms with Gasteiger partial charge in [0, 0.05) is 4.47 Å². The molecule has 1 aliphatic rings. The molecule has 0 amide bonds. The number of hydrogen-bond acceptors (Lipinski definition) is 5. The van der Waals surface area contributed by atoms with E-state index in [0.717, 1.165) is 0 Å². The maximum atomic E-state index is 11.6. The van der Waals surface area contributed by atoms with Crippen LogP contribution in [0.2, 0.25) is 0 Å². The van der Waals surface area contributed by atoms with Crippen molar-refractivity contribution in [1.82, 2.24) is 0 Å². The van der Waals surface area contributed by atoms with Gasteiger partial charge >= 0.3 is 0 Å². The van der Waals surface area contributed by atoms with Gasteiger partial charge in [-0.25, -0.2) is 22.0 Å². The summed E-state index contributed by atoms with van der Waals surface area (Å²) in [6.07, 6.45) is -0.192. The number of aryl methyl sites for hydroxylation is 1. The summed E-state index contributed by atoms with van der Waals surface area (Å²) in [4.78, 5) is -0.145. The van der Waals surface area contributed by atoms with Crippen LogP contribution in [-0.2, 0) is 19.9 Å². The Balaban J connectivity index is 2.42. The average Bonchev–Trinajstić information content (AvgIpc) is 2.60. The fraction of sp³-hybridized carbons (Fsp3) is 0.455. The molecule has 9 heteroatoms. The van der Waals surface area contributed by atoms with E-state index < -0.39 is 26.0 Å². The molecular weight excluding hydrogens is 370 g/mol. The third-order valence-corrected chi connectivity index (χ3v) is 6.10. The van der Waals surface area contributed by atoms with Crippen molar-refractivity contribution in [1.29, 1.82) is 0 Å². The van der Waals surface area contributed by atoms with E-state index in [1.54, 1.807) is 13.0 Å². The Hall–Kier alpha value is -0.640. The quantitative estimate of drug-likeness (QED) is 0.837. The van der Waals surface area contributed by atoms with Crippen molar-refractivity contribution in [3.63, 3.8) is 0 Å². The van der Waals surface area contributed by atoms with Crippen molar-refractivity contribution < 1.29 is 21.6 Å². The van der Waals surface area contributed by atoms with Gasteiger partial charge < -0.3 is 4.74 Å². The average molecular weight is 384 g/mol. The van der Waals surface area contributed by atoms with Crippen molar-refractivity contribution in [3.8, 4) is 5.75 Å². The van der Waals surface area contributed by atoms with Crippen LogP contribution in [0.25, 0.3) is 0 Å². The van der Waals surface area contributed by atoms with Crippen LogP contribution < -0.4 is 9.88 Å². The summed E-state index contributed by atoms with van der Waals surface area (Å²) in [5.74, 6) is 0.0719. The minimum atomic E-state index is -3.95.